The summed E-state index contributed by atoms with van der Waals surface area (Å²) in [5.41, 5.74) is 1.16. The van der Waals surface area contributed by atoms with Gasteiger partial charge in [-0.15, -0.1) is 0 Å². The van der Waals surface area contributed by atoms with Gasteiger partial charge in [0.15, 0.2) is 0 Å². The summed E-state index contributed by atoms with van der Waals surface area (Å²) in [4.78, 5) is 36.4. The van der Waals surface area contributed by atoms with Gasteiger partial charge in [-0.1, -0.05) is 15.9 Å². The molecular weight excluding hydrogens is 412 g/mol. The van der Waals surface area contributed by atoms with E-state index in [9.17, 15) is 14.4 Å². The number of pyridine rings is 1. The Kier molecular flexibility index (Phi) is 5.52. The minimum Gasteiger partial charge on any atom is -0.465 e. The second-order valence-electron chi connectivity index (χ2n) is 5.60. The van der Waals surface area contributed by atoms with E-state index in [-0.39, 0.29) is 11.5 Å². The Morgan fingerprint density at radius 2 is 1.67 bits per heavy atom. The number of benzene rings is 2. The van der Waals surface area contributed by atoms with Gasteiger partial charge in [0, 0.05) is 27.6 Å². The Labute approximate surface area is 163 Å². The van der Waals surface area contributed by atoms with E-state index < -0.39 is 11.5 Å². The topological polar surface area (TPSA) is 77.4 Å². The zero-order chi connectivity index (χ0) is 19.4. The maximum Gasteiger partial charge on any atom is 0.343 e. The number of nitrogens with one attached hydrogen (secondary N) is 1. The van der Waals surface area contributed by atoms with Crippen molar-refractivity contribution < 1.29 is 14.3 Å². The Balaban J connectivity index is 1.82. The van der Waals surface area contributed by atoms with Crippen molar-refractivity contribution in [2.75, 3.05) is 12.4 Å². The second kappa shape index (κ2) is 8.01. The number of hydrogen-bond donors (Lipinski definition) is 1. The largest absolute Gasteiger partial charge is 0.465 e. The average molecular weight is 427 g/mol. The number of carbonyl (C=O) groups excluding carboxylic acids is 2. The highest BCUT2D eigenvalue weighted by molar-refractivity contribution is 9.10. The lowest BCUT2D eigenvalue weighted by molar-refractivity contribution is 0.0598. The van der Waals surface area contributed by atoms with Gasteiger partial charge in [-0.3, -0.25) is 14.2 Å². The fraction of sp³-hybridized carbons (Fsp3) is 0.0500. The van der Waals surface area contributed by atoms with Crippen LogP contribution >= 0.6 is 15.9 Å². The summed E-state index contributed by atoms with van der Waals surface area (Å²) < 4.78 is 6.85. The lowest BCUT2D eigenvalue weighted by Gasteiger charge is -2.09. The number of amides is 1. The molecule has 0 atom stereocenters. The predicted octanol–water partition coefficient (Wildman–Crippen LogP) is 3.64. The van der Waals surface area contributed by atoms with Crippen molar-refractivity contribution in [2.45, 2.75) is 0 Å². The van der Waals surface area contributed by atoms with E-state index in [0.717, 1.165) is 4.47 Å². The molecule has 1 N–H and O–H groups in total. The molecule has 1 amide bonds. The zero-order valence-corrected chi connectivity index (χ0v) is 15.9. The number of ether oxygens (including phenoxy) is 1. The third-order valence-electron chi connectivity index (χ3n) is 3.86. The van der Waals surface area contributed by atoms with Gasteiger partial charge in [0.05, 0.1) is 7.11 Å². The third kappa shape index (κ3) is 4.15. The van der Waals surface area contributed by atoms with Crippen LogP contribution in [0, 0.1) is 0 Å². The fourth-order valence-corrected chi connectivity index (χ4v) is 2.74. The Bertz CT molecular complexity index is 1040. The quantitative estimate of drug-likeness (QED) is 0.646. The molecule has 0 spiro atoms. The van der Waals surface area contributed by atoms with Crippen molar-refractivity contribution in [3.8, 4) is 5.69 Å². The fourth-order valence-electron chi connectivity index (χ4n) is 2.47. The highest BCUT2D eigenvalue weighted by Crippen LogP contribution is 2.15. The van der Waals surface area contributed by atoms with E-state index in [1.54, 1.807) is 60.8 Å². The first kappa shape index (κ1) is 18.6. The van der Waals surface area contributed by atoms with Crippen LogP contribution in [0.2, 0.25) is 0 Å². The van der Waals surface area contributed by atoms with Crippen LogP contribution in [0.15, 0.2) is 76.1 Å². The molecule has 3 rings (SSSR count). The number of halogens is 1. The van der Waals surface area contributed by atoms with Crippen LogP contribution in [0.4, 0.5) is 5.69 Å². The van der Waals surface area contributed by atoms with Crippen molar-refractivity contribution in [1.29, 1.82) is 0 Å². The zero-order valence-electron chi connectivity index (χ0n) is 14.3. The number of anilines is 1. The minimum atomic E-state index is -0.687. The van der Waals surface area contributed by atoms with E-state index in [1.165, 1.54) is 17.7 Å². The number of hydrogen-bond acceptors (Lipinski definition) is 4. The molecule has 27 heavy (non-hydrogen) atoms. The van der Waals surface area contributed by atoms with E-state index in [0.29, 0.717) is 16.9 Å². The molecule has 0 unspecified atom stereocenters. The second-order valence-corrected chi connectivity index (χ2v) is 6.51. The van der Waals surface area contributed by atoms with Gasteiger partial charge in [0.1, 0.15) is 5.56 Å². The Morgan fingerprint density at radius 1 is 1.00 bits per heavy atom. The summed E-state index contributed by atoms with van der Waals surface area (Å²) in [6, 6.07) is 16.7. The number of esters is 1. The molecule has 3 aromatic rings. The van der Waals surface area contributed by atoms with Crippen LogP contribution in [0.25, 0.3) is 5.69 Å². The molecule has 1 aromatic heterocycles. The van der Waals surface area contributed by atoms with Gasteiger partial charge >= 0.3 is 5.97 Å². The van der Waals surface area contributed by atoms with E-state index >= 15 is 0 Å². The molecule has 2 aromatic carbocycles. The molecule has 0 aliphatic heterocycles. The summed E-state index contributed by atoms with van der Waals surface area (Å²) in [5, 5.41) is 2.79. The smallest absolute Gasteiger partial charge is 0.343 e. The molecule has 136 valence electrons. The summed E-state index contributed by atoms with van der Waals surface area (Å²) in [6.45, 7) is 0. The third-order valence-corrected chi connectivity index (χ3v) is 4.39. The van der Waals surface area contributed by atoms with Crippen LogP contribution in [0.3, 0.4) is 0 Å². The SMILES string of the molecule is COC(=O)c1cccn(-c2ccc(NC(=O)c3ccc(Br)cc3)cc2)c1=O. The van der Waals surface area contributed by atoms with Crippen molar-refractivity contribution in [3.05, 3.63) is 92.8 Å². The average Bonchev–Trinajstić information content (AvgIpc) is 2.69. The lowest BCUT2D eigenvalue weighted by atomic mass is 10.2. The number of nitrogens with zero attached hydrogens (tertiary/aromatic N) is 1. The standard InChI is InChI=1S/C20H15BrN2O4/c1-27-20(26)17-3-2-12-23(19(17)25)16-10-8-15(9-11-16)22-18(24)13-4-6-14(21)7-5-13/h2-12H,1H3,(H,22,24). The van der Waals surface area contributed by atoms with Crippen LogP contribution in [-0.2, 0) is 4.74 Å². The first-order valence-electron chi connectivity index (χ1n) is 7.97. The molecule has 0 bridgehead atoms. The van der Waals surface area contributed by atoms with Crippen molar-refractivity contribution in [2.24, 2.45) is 0 Å². The van der Waals surface area contributed by atoms with E-state index in [4.69, 9.17) is 0 Å². The van der Waals surface area contributed by atoms with Crippen molar-refractivity contribution in [1.82, 2.24) is 4.57 Å². The van der Waals surface area contributed by atoms with Crippen LogP contribution in [-0.4, -0.2) is 23.6 Å². The normalized spacial score (nSPS) is 10.3. The summed E-state index contributed by atoms with van der Waals surface area (Å²) in [7, 11) is 1.22. The molecule has 6 nitrogen and oxygen atoms in total. The molecule has 0 aliphatic carbocycles. The van der Waals surface area contributed by atoms with Gasteiger partial charge in [0.25, 0.3) is 11.5 Å². The molecule has 0 saturated carbocycles. The van der Waals surface area contributed by atoms with E-state index in [2.05, 4.69) is 26.0 Å². The summed E-state index contributed by atoms with van der Waals surface area (Å²) in [6.07, 6.45) is 1.56. The molecule has 7 heteroatoms. The lowest BCUT2D eigenvalue weighted by Crippen LogP contribution is -2.25. The van der Waals surface area contributed by atoms with E-state index in [1.807, 2.05) is 0 Å². The van der Waals surface area contributed by atoms with Gasteiger partial charge < -0.3 is 10.1 Å². The van der Waals surface area contributed by atoms with Gasteiger partial charge in [-0.2, -0.15) is 0 Å². The first-order valence-corrected chi connectivity index (χ1v) is 8.76. The molecule has 0 fully saturated rings. The Hall–Kier alpha value is -3.19. The molecular formula is C20H15BrN2O4. The highest BCUT2D eigenvalue weighted by atomic mass is 79.9. The van der Waals surface area contributed by atoms with Crippen LogP contribution < -0.4 is 10.9 Å². The molecule has 0 aliphatic rings. The number of carbonyl (C=O) groups is 2. The number of aromatic nitrogens is 1. The summed E-state index contributed by atoms with van der Waals surface area (Å²) >= 11 is 3.33. The maximum absolute atomic E-state index is 12.4. The van der Waals surface area contributed by atoms with Gasteiger partial charge in [-0.25, -0.2) is 4.79 Å². The molecule has 1 heterocycles. The minimum absolute atomic E-state index is 0.0485. The Morgan fingerprint density at radius 3 is 2.30 bits per heavy atom. The van der Waals surface area contributed by atoms with Crippen molar-refractivity contribution >= 4 is 33.5 Å². The van der Waals surface area contributed by atoms with Crippen LogP contribution in [0.1, 0.15) is 20.7 Å². The van der Waals surface area contributed by atoms with Gasteiger partial charge in [-0.05, 0) is 60.7 Å². The first-order chi connectivity index (χ1) is 13.0. The molecule has 0 radical (unpaired) electrons. The highest BCUT2D eigenvalue weighted by Gasteiger charge is 2.13. The van der Waals surface area contributed by atoms with Gasteiger partial charge in [0.2, 0.25) is 0 Å². The van der Waals surface area contributed by atoms with Crippen LogP contribution in [0.5, 0.6) is 0 Å². The summed E-state index contributed by atoms with van der Waals surface area (Å²) in [5.74, 6) is -0.923. The maximum atomic E-state index is 12.4. The predicted molar refractivity (Wildman–Crippen MR) is 105 cm³/mol. The number of rotatable bonds is 4. The molecule has 0 saturated heterocycles. The van der Waals surface area contributed by atoms with Crippen molar-refractivity contribution in [3.63, 3.8) is 0 Å². The monoisotopic (exact) mass is 426 g/mol. The number of methoxy groups -OCH3 is 1.